The van der Waals surface area contributed by atoms with E-state index in [1.807, 2.05) is 0 Å². The van der Waals surface area contributed by atoms with Crippen LogP contribution in [0.15, 0.2) is 235 Å². The topological polar surface area (TPSA) is 21.3 Å². The van der Waals surface area contributed by atoms with Crippen molar-refractivity contribution < 1.29 is 4.42 Å². The highest BCUT2D eigenvalue weighted by molar-refractivity contribution is 6.17. The summed E-state index contributed by atoms with van der Waals surface area (Å²) >= 11 is 0. The number of fused-ring (bicyclic) bond motifs is 7. The largest absolute Gasteiger partial charge is 0.456 e. The first kappa shape index (κ1) is 34.9. The molecule has 10 aromatic carbocycles. The summed E-state index contributed by atoms with van der Waals surface area (Å²) in [5.41, 5.74) is 15.3. The van der Waals surface area contributed by atoms with Crippen molar-refractivity contribution in [3.8, 4) is 39.1 Å². The summed E-state index contributed by atoms with van der Waals surface area (Å²) < 4.78 is 9.04. The summed E-state index contributed by atoms with van der Waals surface area (Å²) in [7, 11) is 0. The number of rotatable bonds is 7. The normalized spacial score (nSPS) is 11.6. The lowest BCUT2D eigenvalue weighted by molar-refractivity contribution is 0.669. The molecular weight excluding hydrogens is 741 g/mol. The highest BCUT2D eigenvalue weighted by atomic mass is 16.3. The SMILES string of the molecule is c1ccc(-c2cccc(-c3ccc(N(c4ccccc4-c4cccc5oc6cc7ccccc7cc6c45)c4ccccc4-n4c5ccccc5c5ccccc54)cc3)c2)cc1. The van der Waals surface area contributed by atoms with Crippen molar-refractivity contribution in [1.29, 1.82) is 0 Å². The van der Waals surface area contributed by atoms with Gasteiger partial charge in [0.15, 0.2) is 0 Å². The van der Waals surface area contributed by atoms with E-state index >= 15 is 0 Å². The van der Waals surface area contributed by atoms with Gasteiger partial charge in [-0.15, -0.1) is 0 Å². The van der Waals surface area contributed by atoms with Crippen LogP contribution in [0.2, 0.25) is 0 Å². The predicted octanol–water partition coefficient (Wildman–Crippen LogP) is 16.3. The van der Waals surface area contributed by atoms with Crippen molar-refractivity contribution in [2.24, 2.45) is 0 Å². The molecule has 286 valence electrons. The van der Waals surface area contributed by atoms with Gasteiger partial charge in [0.25, 0.3) is 0 Å². The zero-order chi connectivity index (χ0) is 40.3. The monoisotopic (exact) mass is 778 g/mol. The first-order chi connectivity index (χ1) is 30.3. The molecule has 12 rings (SSSR count). The van der Waals surface area contributed by atoms with E-state index in [4.69, 9.17) is 4.42 Å². The van der Waals surface area contributed by atoms with E-state index in [2.05, 4.69) is 240 Å². The van der Waals surface area contributed by atoms with Crippen molar-refractivity contribution >= 4 is 71.6 Å². The molecule has 3 nitrogen and oxygen atoms in total. The van der Waals surface area contributed by atoms with Crippen LogP contribution in [-0.4, -0.2) is 4.57 Å². The molecule has 2 aromatic heterocycles. The molecular formula is C58H38N2O. The molecule has 2 heterocycles. The van der Waals surface area contributed by atoms with Gasteiger partial charge in [-0.25, -0.2) is 0 Å². The lowest BCUT2D eigenvalue weighted by Gasteiger charge is -2.30. The van der Waals surface area contributed by atoms with Gasteiger partial charge in [-0.3, -0.25) is 0 Å². The maximum Gasteiger partial charge on any atom is 0.136 e. The second-order valence-corrected chi connectivity index (χ2v) is 15.7. The zero-order valence-corrected chi connectivity index (χ0v) is 33.2. The van der Waals surface area contributed by atoms with E-state index in [0.717, 1.165) is 61.4 Å². The fraction of sp³-hybridized carbons (Fsp3) is 0. The second-order valence-electron chi connectivity index (χ2n) is 15.7. The molecule has 0 unspecified atom stereocenters. The third kappa shape index (κ3) is 5.82. The van der Waals surface area contributed by atoms with Crippen molar-refractivity contribution in [2.45, 2.75) is 0 Å². The zero-order valence-electron chi connectivity index (χ0n) is 33.2. The maximum atomic E-state index is 6.62. The van der Waals surface area contributed by atoms with Gasteiger partial charge in [0.2, 0.25) is 0 Å². The number of aromatic nitrogens is 1. The lowest BCUT2D eigenvalue weighted by Crippen LogP contribution is -2.14. The molecule has 12 aromatic rings. The van der Waals surface area contributed by atoms with Gasteiger partial charge in [-0.2, -0.15) is 0 Å². The molecule has 0 N–H and O–H groups in total. The summed E-state index contributed by atoms with van der Waals surface area (Å²) in [6.07, 6.45) is 0. The van der Waals surface area contributed by atoms with Crippen LogP contribution < -0.4 is 4.90 Å². The van der Waals surface area contributed by atoms with E-state index < -0.39 is 0 Å². The van der Waals surface area contributed by atoms with Crippen LogP contribution in [0, 0.1) is 0 Å². The molecule has 0 atom stereocenters. The summed E-state index contributed by atoms with van der Waals surface area (Å²) in [6, 6.07) is 83.0. The van der Waals surface area contributed by atoms with Crippen LogP contribution in [0.4, 0.5) is 17.1 Å². The van der Waals surface area contributed by atoms with Gasteiger partial charge in [-0.1, -0.05) is 164 Å². The molecule has 0 aliphatic carbocycles. The van der Waals surface area contributed by atoms with E-state index in [1.54, 1.807) is 0 Å². The molecule has 0 aliphatic rings. The Morgan fingerprint density at radius 2 is 0.902 bits per heavy atom. The molecule has 0 saturated carbocycles. The molecule has 0 radical (unpaired) electrons. The van der Waals surface area contributed by atoms with Gasteiger partial charge >= 0.3 is 0 Å². The smallest absolute Gasteiger partial charge is 0.136 e. The van der Waals surface area contributed by atoms with Crippen LogP contribution in [0.25, 0.3) is 93.6 Å². The summed E-state index contributed by atoms with van der Waals surface area (Å²) in [5, 5.41) is 7.04. The third-order valence-electron chi connectivity index (χ3n) is 12.2. The van der Waals surface area contributed by atoms with Crippen LogP contribution in [-0.2, 0) is 0 Å². The Morgan fingerprint density at radius 3 is 1.66 bits per heavy atom. The Morgan fingerprint density at radius 1 is 0.344 bits per heavy atom. The Balaban J connectivity index is 1.09. The number of anilines is 3. The number of benzene rings is 10. The Kier molecular flexibility index (Phi) is 8.17. The van der Waals surface area contributed by atoms with Gasteiger partial charge in [0, 0.05) is 32.8 Å². The van der Waals surface area contributed by atoms with E-state index in [-0.39, 0.29) is 0 Å². The minimum Gasteiger partial charge on any atom is -0.456 e. The molecule has 0 aliphatic heterocycles. The molecule has 0 fully saturated rings. The quantitative estimate of drug-likeness (QED) is 0.161. The Hall–Kier alpha value is -8.14. The van der Waals surface area contributed by atoms with Crippen molar-refractivity contribution in [2.75, 3.05) is 4.90 Å². The molecule has 0 spiro atoms. The van der Waals surface area contributed by atoms with Crippen LogP contribution in [0.5, 0.6) is 0 Å². The second kappa shape index (κ2) is 14.3. The summed E-state index contributed by atoms with van der Waals surface area (Å²) in [4.78, 5) is 2.44. The average Bonchev–Trinajstić information content (AvgIpc) is 3.87. The molecule has 0 bridgehead atoms. The number of hydrogen-bond donors (Lipinski definition) is 0. The fourth-order valence-electron chi connectivity index (χ4n) is 9.38. The Bertz CT molecular complexity index is 3540. The summed E-state index contributed by atoms with van der Waals surface area (Å²) in [5.74, 6) is 0. The maximum absolute atomic E-state index is 6.62. The number of furan rings is 1. The minimum atomic E-state index is 0.872. The lowest BCUT2D eigenvalue weighted by atomic mass is 9.95. The molecule has 61 heavy (non-hydrogen) atoms. The van der Waals surface area contributed by atoms with Crippen molar-refractivity contribution in [3.05, 3.63) is 231 Å². The molecule has 0 amide bonds. The number of hydrogen-bond acceptors (Lipinski definition) is 2. The third-order valence-corrected chi connectivity index (χ3v) is 12.2. The van der Waals surface area contributed by atoms with E-state index in [0.29, 0.717) is 0 Å². The van der Waals surface area contributed by atoms with Crippen LogP contribution in [0.1, 0.15) is 0 Å². The van der Waals surface area contributed by atoms with Crippen molar-refractivity contribution in [1.82, 2.24) is 4.57 Å². The average molecular weight is 779 g/mol. The van der Waals surface area contributed by atoms with Gasteiger partial charge in [-0.05, 0) is 105 Å². The summed E-state index contributed by atoms with van der Waals surface area (Å²) in [6.45, 7) is 0. The highest BCUT2D eigenvalue weighted by Crippen LogP contribution is 2.47. The first-order valence-corrected chi connectivity index (χ1v) is 20.8. The first-order valence-electron chi connectivity index (χ1n) is 20.8. The van der Waals surface area contributed by atoms with Gasteiger partial charge < -0.3 is 13.9 Å². The van der Waals surface area contributed by atoms with E-state index in [9.17, 15) is 0 Å². The van der Waals surface area contributed by atoms with Crippen LogP contribution in [0.3, 0.4) is 0 Å². The Labute approximate surface area is 353 Å². The number of para-hydroxylation sites is 5. The van der Waals surface area contributed by atoms with Crippen molar-refractivity contribution in [3.63, 3.8) is 0 Å². The standard InChI is InChI=1S/C58H38N2O/c1-2-16-39(17-3-1)41-20-14-21-42(36-41)40-32-34-45(35-33-40)59(54-29-12-13-30-55(54)60-52-27-10-6-22-46(52)47-23-7-11-28-53(47)60)51-26-9-8-24-48(51)49-25-15-31-56-58(49)50-37-43-18-4-5-19-44(43)38-57(50)61-56/h1-38H. The van der Waals surface area contributed by atoms with Gasteiger partial charge in [0.05, 0.1) is 28.1 Å². The highest BCUT2D eigenvalue weighted by Gasteiger charge is 2.24. The number of nitrogens with zero attached hydrogens (tertiary/aromatic N) is 2. The van der Waals surface area contributed by atoms with E-state index in [1.165, 1.54) is 49.3 Å². The molecule has 3 heteroatoms. The predicted molar refractivity (Wildman–Crippen MR) is 257 cm³/mol. The minimum absolute atomic E-state index is 0.872. The fourth-order valence-corrected chi connectivity index (χ4v) is 9.38. The molecule has 0 saturated heterocycles. The van der Waals surface area contributed by atoms with Crippen LogP contribution >= 0.6 is 0 Å². The van der Waals surface area contributed by atoms with Gasteiger partial charge in [0.1, 0.15) is 11.2 Å².